The zero-order valence-corrected chi connectivity index (χ0v) is 12.9. The van der Waals surface area contributed by atoms with Crippen LogP contribution in [0.25, 0.3) is 0 Å². The molecule has 19 heavy (non-hydrogen) atoms. The van der Waals surface area contributed by atoms with E-state index in [-0.39, 0.29) is 0 Å². The van der Waals surface area contributed by atoms with Gasteiger partial charge in [0.05, 0.1) is 0 Å². The Labute approximate surface area is 119 Å². The first kappa shape index (κ1) is 15.3. The van der Waals surface area contributed by atoms with Crippen molar-refractivity contribution in [3.63, 3.8) is 0 Å². The highest BCUT2D eigenvalue weighted by molar-refractivity contribution is 4.74. The summed E-state index contributed by atoms with van der Waals surface area (Å²) >= 11 is 0. The molecule has 1 unspecified atom stereocenters. The molecule has 0 saturated carbocycles. The zero-order valence-electron chi connectivity index (χ0n) is 12.9. The van der Waals surface area contributed by atoms with Gasteiger partial charge in [0.25, 0.3) is 0 Å². The van der Waals surface area contributed by atoms with Crippen LogP contribution in [0.5, 0.6) is 0 Å². The SMILES string of the molecule is CCN1CCCC(NCCCN2CCCCC2)CC1. The molecule has 1 atom stereocenters. The average molecular weight is 267 g/mol. The third-order valence-electron chi connectivity index (χ3n) is 4.80. The average Bonchev–Trinajstić information content (AvgIpc) is 2.70. The van der Waals surface area contributed by atoms with E-state index in [1.165, 1.54) is 90.8 Å². The quantitative estimate of drug-likeness (QED) is 0.745. The number of likely N-dealkylation sites (tertiary alicyclic amines) is 2. The van der Waals surface area contributed by atoms with Crippen LogP contribution in [0, 0.1) is 0 Å². The predicted octanol–water partition coefficient (Wildman–Crippen LogP) is 2.33. The molecule has 2 aliphatic rings. The fourth-order valence-corrected chi connectivity index (χ4v) is 3.47. The van der Waals surface area contributed by atoms with Gasteiger partial charge in [-0.15, -0.1) is 0 Å². The van der Waals surface area contributed by atoms with Crippen molar-refractivity contribution in [2.45, 2.75) is 57.9 Å². The van der Waals surface area contributed by atoms with Crippen molar-refractivity contribution in [1.82, 2.24) is 15.1 Å². The van der Waals surface area contributed by atoms with Crippen molar-refractivity contribution in [1.29, 1.82) is 0 Å². The number of nitrogens with zero attached hydrogens (tertiary/aromatic N) is 2. The first-order valence-corrected chi connectivity index (χ1v) is 8.56. The van der Waals surface area contributed by atoms with Gasteiger partial charge >= 0.3 is 0 Å². The van der Waals surface area contributed by atoms with E-state index in [0.717, 1.165) is 6.04 Å². The lowest BCUT2D eigenvalue weighted by Crippen LogP contribution is -2.35. The van der Waals surface area contributed by atoms with E-state index >= 15 is 0 Å². The van der Waals surface area contributed by atoms with Crippen LogP contribution >= 0.6 is 0 Å². The van der Waals surface area contributed by atoms with Crippen LogP contribution in [0.2, 0.25) is 0 Å². The summed E-state index contributed by atoms with van der Waals surface area (Å²) in [7, 11) is 0. The van der Waals surface area contributed by atoms with E-state index < -0.39 is 0 Å². The summed E-state index contributed by atoms with van der Waals surface area (Å²) in [5.74, 6) is 0. The smallest absolute Gasteiger partial charge is 0.00797 e. The van der Waals surface area contributed by atoms with Crippen molar-refractivity contribution in [2.24, 2.45) is 0 Å². The Morgan fingerprint density at radius 3 is 2.47 bits per heavy atom. The van der Waals surface area contributed by atoms with E-state index in [9.17, 15) is 0 Å². The Kier molecular flexibility index (Phi) is 7.18. The first-order valence-electron chi connectivity index (χ1n) is 8.56. The fourth-order valence-electron chi connectivity index (χ4n) is 3.47. The van der Waals surface area contributed by atoms with Crippen LogP contribution < -0.4 is 5.32 Å². The van der Waals surface area contributed by atoms with Crippen molar-refractivity contribution in [3.05, 3.63) is 0 Å². The number of hydrogen-bond donors (Lipinski definition) is 1. The van der Waals surface area contributed by atoms with Crippen LogP contribution in [0.1, 0.15) is 51.9 Å². The molecule has 2 heterocycles. The molecule has 0 aromatic carbocycles. The third-order valence-corrected chi connectivity index (χ3v) is 4.80. The van der Waals surface area contributed by atoms with Gasteiger partial charge in [-0.05, 0) is 84.3 Å². The summed E-state index contributed by atoms with van der Waals surface area (Å²) in [5.41, 5.74) is 0. The lowest BCUT2D eigenvalue weighted by Gasteiger charge is -2.26. The molecule has 0 aliphatic carbocycles. The molecule has 0 bridgehead atoms. The summed E-state index contributed by atoms with van der Waals surface area (Å²) in [6.07, 6.45) is 9.71. The summed E-state index contributed by atoms with van der Waals surface area (Å²) in [6, 6.07) is 0.776. The second-order valence-corrected chi connectivity index (χ2v) is 6.27. The van der Waals surface area contributed by atoms with E-state index in [1.807, 2.05) is 0 Å². The topological polar surface area (TPSA) is 18.5 Å². The van der Waals surface area contributed by atoms with Gasteiger partial charge in [-0.25, -0.2) is 0 Å². The zero-order chi connectivity index (χ0) is 13.3. The first-order chi connectivity index (χ1) is 9.38. The maximum Gasteiger partial charge on any atom is 0.00797 e. The molecule has 112 valence electrons. The van der Waals surface area contributed by atoms with E-state index in [0.29, 0.717) is 0 Å². The second kappa shape index (κ2) is 8.93. The Morgan fingerprint density at radius 2 is 1.68 bits per heavy atom. The molecule has 2 fully saturated rings. The van der Waals surface area contributed by atoms with Crippen LogP contribution in [-0.2, 0) is 0 Å². The van der Waals surface area contributed by atoms with Crippen molar-refractivity contribution < 1.29 is 0 Å². The standard InChI is InChI=1S/C16H33N3/c1-2-18-13-6-8-16(9-15-18)17-10-7-14-19-11-4-3-5-12-19/h16-17H,2-15H2,1H3. The molecule has 0 spiro atoms. The van der Waals surface area contributed by atoms with Gasteiger partial charge in [-0.3, -0.25) is 0 Å². The second-order valence-electron chi connectivity index (χ2n) is 6.27. The summed E-state index contributed by atoms with van der Waals surface area (Å²) < 4.78 is 0. The van der Waals surface area contributed by atoms with Gasteiger partial charge in [0, 0.05) is 6.04 Å². The molecule has 3 heteroatoms. The number of piperidine rings is 1. The molecule has 1 N–H and O–H groups in total. The minimum absolute atomic E-state index is 0.776. The molecule has 0 amide bonds. The largest absolute Gasteiger partial charge is 0.314 e. The van der Waals surface area contributed by atoms with E-state index in [2.05, 4.69) is 22.0 Å². The normalized spacial score (nSPS) is 27.3. The minimum atomic E-state index is 0.776. The van der Waals surface area contributed by atoms with Crippen LogP contribution in [0.4, 0.5) is 0 Å². The Bertz CT molecular complexity index is 226. The monoisotopic (exact) mass is 267 g/mol. The van der Waals surface area contributed by atoms with Crippen molar-refractivity contribution in [3.8, 4) is 0 Å². The maximum atomic E-state index is 3.79. The molecular weight excluding hydrogens is 234 g/mol. The molecule has 2 aliphatic heterocycles. The summed E-state index contributed by atoms with van der Waals surface area (Å²) in [4.78, 5) is 5.24. The minimum Gasteiger partial charge on any atom is -0.314 e. The molecule has 0 radical (unpaired) electrons. The van der Waals surface area contributed by atoms with Crippen LogP contribution in [0.15, 0.2) is 0 Å². The van der Waals surface area contributed by atoms with Crippen molar-refractivity contribution >= 4 is 0 Å². The van der Waals surface area contributed by atoms with Crippen molar-refractivity contribution in [2.75, 3.05) is 45.8 Å². The van der Waals surface area contributed by atoms with Gasteiger partial charge in [-0.1, -0.05) is 13.3 Å². The van der Waals surface area contributed by atoms with Gasteiger partial charge < -0.3 is 15.1 Å². The molecule has 0 aromatic heterocycles. The Balaban J connectivity index is 1.52. The van der Waals surface area contributed by atoms with E-state index in [1.54, 1.807) is 0 Å². The highest BCUT2D eigenvalue weighted by atomic mass is 15.1. The Morgan fingerprint density at radius 1 is 0.895 bits per heavy atom. The number of rotatable bonds is 6. The highest BCUT2D eigenvalue weighted by Crippen LogP contribution is 2.11. The van der Waals surface area contributed by atoms with Gasteiger partial charge in [0.15, 0.2) is 0 Å². The molecule has 0 aromatic rings. The molecule has 3 nitrogen and oxygen atoms in total. The summed E-state index contributed by atoms with van der Waals surface area (Å²) in [6.45, 7) is 11.3. The van der Waals surface area contributed by atoms with E-state index in [4.69, 9.17) is 0 Å². The molecule has 2 saturated heterocycles. The highest BCUT2D eigenvalue weighted by Gasteiger charge is 2.15. The van der Waals surface area contributed by atoms with Crippen LogP contribution in [-0.4, -0.2) is 61.7 Å². The Hall–Kier alpha value is -0.120. The van der Waals surface area contributed by atoms with Gasteiger partial charge in [-0.2, -0.15) is 0 Å². The summed E-state index contributed by atoms with van der Waals surface area (Å²) in [5, 5.41) is 3.79. The number of hydrogen-bond acceptors (Lipinski definition) is 3. The third kappa shape index (κ3) is 5.80. The van der Waals surface area contributed by atoms with Crippen LogP contribution in [0.3, 0.4) is 0 Å². The maximum absolute atomic E-state index is 3.79. The van der Waals surface area contributed by atoms with Gasteiger partial charge in [0.1, 0.15) is 0 Å². The lowest BCUT2D eigenvalue weighted by atomic mass is 10.1. The number of nitrogens with one attached hydrogen (secondary N) is 1. The molecular formula is C16H33N3. The predicted molar refractivity (Wildman–Crippen MR) is 82.7 cm³/mol. The lowest BCUT2D eigenvalue weighted by molar-refractivity contribution is 0.224. The molecule has 2 rings (SSSR count). The fraction of sp³-hybridized carbons (Fsp3) is 1.00. The van der Waals surface area contributed by atoms with Gasteiger partial charge in [0.2, 0.25) is 0 Å².